The molecule has 0 aromatic heterocycles. The van der Waals surface area contributed by atoms with E-state index in [2.05, 4.69) is 5.32 Å². The number of rotatable bonds is 4. The van der Waals surface area contributed by atoms with Crippen LogP contribution in [0.25, 0.3) is 0 Å². The largest absolute Gasteiger partial charge is 0.478 e. The first-order valence-electron chi connectivity index (χ1n) is 5.50. The number of alkyl carbamates (subject to hydrolysis) is 1. The van der Waals surface area contributed by atoms with Crippen LogP contribution >= 0.6 is 0 Å². The van der Waals surface area contributed by atoms with Crippen LogP contribution in [-0.2, 0) is 9.53 Å². The quantitative estimate of drug-likeness (QED) is 0.742. The predicted molar refractivity (Wildman–Crippen MR) is 64.8 cm³/mol. The summed E-state index contributed by atoms with van der Waals surface area (Å²) in [6.45, 7) is 9.04. The minimum absolute atomic E-state index is 0.0568. The van der Waals surface area contributed by atoms with E-state index in [9.17, 15) is 9.59 Å². The molecule has 0 saturated heterocycles. The molecule has 17 heavy (non-hydrogen) atoms. The number of carbonyl (C=O) groups is 2. The van der Waals surface area contributed by atoms with Crippen LogP contribution in [0.1, 0.15) is 34.6 Å². The van der Waals surface area contributed by atoms with Gasteiger partial charge in [-0.2, -0.15) is 0 Å². The average Bonchev–Trinajstić information content (AvgIpc) is 2.11. The fourth-order valence-corrected chi connectivity index (χ4v) is 1.12. The molecule has 0 saturated carbocycles. The number of amides is 1. The molecule has 2 N–H and O–H groups in total. The summed E-state index contributed by atoms with van der Waals surface area (Å²) < 4.78 is 5.05. The van der Waals surface area contributed by atoms with Gasteiger partial charge in [-0.1, -0.05) is 13.0 Å². The third-order valence-corrected chi connectivity index (χ3v) is 1.84. The van der Waals surface area contributed by atoms with E-state index in [0.29, 0.717) is 6.54 Å². The fourth-order valence-electron chi connectivity index (χ4n) is 1.12. The van der Waals surface area contributed by atoms with Crippen LogP contribution in [0, 0.1) is 5.92 Å². The molecular formula is C12H21NO4. The van der Waals surface area contributed by atoms with Crippen molar-refractivity contribution in [2.24, 2.45) is 5.92 Å². The summed E-state index contributed by atoms with van der Waals surface area (Å²) in [5.41, 5.74) is -0.261. The number of nitrogens with one attached hydrogen (secondary N) is 1. The van der Waals surface area contributed by atoms with Crippen LogP contribution in [0.3, 0.4) is 0 Å². The van der Waals surface area contributed by atoms with E-state index in [4.69, 9.17) is 9.84 Å². The van der Waals surface area contributed by atoms with E-state index in [1.807, 2.05) is 6.92 Å². The van der Waals surface area contributed by atoms with Gasteiger partial charge in [0.25, 0.3) is 0 Å². The highest BCUT2D eigenvalue weighted by molar-refractivity contribution is 5.85. The van der Waals surface area contributed by atoms with Crippen LogP contribution in [-0.4, -0.2) is 29.3 Å². The molecule has 0 fully saturated rings. The topological polar surface area (TPSA) is 75.6 Å². The fraction of sp³-hybridized carbons (Fsp3) is 0.667. The number of aliphatic carboxylic acids is 1. The summed E-state index contributed by atoms with van der Waals surface area (Å²) >= 11 is 0. The molecule has 0 aromatic rings. The molecule has 5 nitrogen and oxygen atoms in total. The summed E-state index contributed by atoms with van der Waals surface area (Å²) in [7, 11) is 0. The normalized spacial score (nSPS) is 14.1. The van der Waals surface area contributed by atoms with Gasteiger partial charge >= 0.3 is 12.1 Å². The number of ether oxygens (including phenoxy) is 1. The van der Waals surface area contributed by atoms with Gasteiger partial charge in [0.2, 0.25) is 0 Å². The van der Waals surface area contributed by atoms with E-state index in [1.165, 1.54) is 6.92 Å². The highest BCUT2D eigenvalue weighted by Gasteiger charge is 2.16. The molecule has 0 aromatic carbocycles. The maximum Gasteiger partial charge on any atom is 0.407 e. The Kier molecular flexibility index (Phi) is 5.71. The molecule has 0 bridgehead atoms. The van der Waals surface area contributed by atoms with Crippen molar-refractivity contribution in [3.8, 4) is 0 Å². The third-order valence-electron chi connectivity index (χ3n) is 1.84. The Morgan fingerprint density at radius 2 is 1.94 bits per heavy atom. The molecular weight excluding hydrogens is 222 g/mol. The van der Waals surface area contributed by atoms with Crippen molar-refractivity contribution in [3.05, 3.63) is 11.6 Å². The first-order chi connectivity index (χ1) is 7.61. The van der Waals surface area contributed by atoms with Gasteiger partial charge in [-0.25, -0.2) is 9.59 Å². The highest BCUT2D eigenvalue weighted by Crippen LogP contribution is 2.07. The second-order valence-electron chi connectivity index (χ2n) is 5.01. The van der Waals surface area contributed by atoms with Gasteiger partial charge < -0.3 is 15.2 Å². The Labute approximate surface area is 102 Å². The van der Waals surface area contributed by atoms with Crippen molar-refractivity contribution in [1.82, 2.24) is 5.32 Å². The van der Waals surface area contributed by atoms with Crippen LogP contribution in [0.2, 0.25) is 0 Å². The van der Waals surface area contributed by atoms with E-state index >= 15 is 0 Å². The summed E-state index contributed by atoms with van der Waals surface area (Å²) in [6.07, 6.45) is 1.10. The van der Waals surface area contributed by atoms with E-state index in [0.717, 1.165) is 0 Å². The molecule has 0 heterocycles. The molecule has 0 aliphatic carbocycles. The van der Waals surface area contributed by atoms with Gasteiger partial charge in [-0.15, -0.1) is 0 Å². The van der Waals surface area contributed by atoms with Crippen molar-refractivity contribution in [3.63, 3.8) is 0 Å². The molecule has 0 aliphatic heterocycles. The number of carboxylic acid groups (broad SMARTS) is 1. The lowest BCUT2D eigenvalue weighted by Gasteiger charge is -2.20. The van der Waals surface area contributed by atoms with Gasteiger partial charge in [0, 0.05) is 12.1 Å². The van der Waals surface area contributed by atoms with E-state index in [-0.39, 0.29) is 11.5 Å². The van der Waals surface area contributed by atoms with Crippen LogP contribution in [0.4, 0.5) is 4.79 Å². The third kappa shape index (κ3) is 8.30. The number of hydrogen-bond donors (Lipinski definition) is 2. The molecule has 1 atom stereocenters. The standard InChI is InChI=1S/C12H21NO4/c1-8(6-9(2)10(14)15)7-13-11(16)17-12(3,4)5/h6,8H,7H2,1-5H3,(H,13,16)(H,14,15)/b9-6-. The molecule has 0 aliphatic rings. The van der Waals surface area contributed by atoms with Crippen LogP contribution < -0.4 is 5.32 Å². The predicted octanol–water partition coefficient (Wildman–Crippen LogP) is 2.18. The SMILES string of the molecule is C/C(=C/C(C)CNC(=O)OC(C)(C)C)C(=O)O. The minimum Gasteiger partial charge on any atom is -0.478 e. The summed E-state index contributed by atoms with van der Waals surface area (Å²) in [6, 6.07) is 0. The van der Waals surface area contributed by atoms with Crippen molar-refractivity contribution in [2.75, 3.05) is 6.54 Å². The Balaban J connectivity index is 4.09. The van der Waals surface area contributed by atoms with Crippen LogP contribution in [0.5, 0.6) is 0 Å². The van der Waals surface area contributed by atoms with Gasteiger partial charge in [-0.3, -0.25) is 0 Å². The number of carboxylic acids is 1. The Bertz CT molecular complexity index is 315. The van der Waals surface area contributed by atoms with Crippen molar-refractivity contribution < 1.29 is 19.4 Å². The lowest BCUT2D eigenvalue weighted by Crippen LogP contribution is -2.34. The smallest absolute Gasteiger partial charge is 0.407 e. The molecule has 98 valence electrons. The van der Waals surface area contributed by atoms with Gasteiger partial charge in [-0.05, 0) is 33.6 Å². The lowest BCUT2D eigenvalue weighted by atomic mass is 10.1. The zero-order valence-corrected chi connectivity index (χ0v) is 11.0. The Morgan fingerprint density at radius 1 is 1.41 bits per heavy atom. The second kappa shape index (κ2) is 6.27. The lowest BCUT2D eigenvalue weighted by molar-refractivity contribution is -0.132. The van der Waals surface area contributed by atoms with Crippen molar-refractivity contribution in [1.29, 1.82) is 0 Å². The average molecular weight is 243 g/mol. The molecule has 5 heteroatoms. The molecule has 1 unspecified atom stereocenters. The van der Waals surface area contributed by atoms with Crippen LogP contribution in [0.15, 0.2) is 11.6 Å². The number of hydrogen-bond acceptors (Lipinski definition) is 3. The molecule has 1 amide bonds. The molecule has 0 rings (SSSR count). The maximum absolute atomic E-state index is 11.3. The van der Waals surface area contributed by atoms with E-state index < -0.39 is 17.7 Å². The molecule has 0 radical (unpaired) electrons. The highest BCUT2D eigenvalue weighted by atomic mass is 16.6. The first kappa shape index (κ1) is 15.5. The van der Waals surface area contributed by atoms with Gasteiger partial charge in [0.1, 0.15) is 5.60 Å². The monoisotopic (exact) mass is 243 g/mol. The van der Waals surface area contributed by atoms with Gasteiger partial charge in [0.05, 0.1) is 0 Å². The first-order valence-corrected chi connectivity index (χ1v) is 5.50. The Hall–Kier alpha value is -1.52. The summed E-state index contributed by atoms with van der Waals surface area (Å²) in [4.78, 5) is 21.9. The number of carbonyl (C=O) groups excluding carboxylic acids is 1. The zero-order chi connectivity index (χ0) is 13.6. The summed E-state index contributed by atoms with van der Waals surface area (Å²) in [5, 5.41) is 11.3. The second-order valence-corrected chi connectivity index (χ2v) is 5.01. The molecule has 0 spiro atoms. The van der Waals surface area contributed by atoms with Crippen molar-refractivity contribution in [2.45, 2.75) is 40.2 Å². The van der Waals surface area contributed by atoms with Crippen molar-refractivity contribution >= 4 is 12.1 Å². The summed E-state index contributed by atoms with van der Waals surface area (Å²) in [5.74, 6) is -1.01. The zero-order valence-electron chi connectivity index (χ0n) is 11.0. The van der Waals surface area contributed by atoms with Gasteiger partial charge in [0.15, 0.2) is 0 Å². The minimum atomic E-state index is -0.950. The van der Waals surface area contributed by atoms with E-state index in [1.54, 1.807) is 26.8 Å². The Morgan fingerprint density at radius 3 is 2.35 bits per heavy atom. The maximum atomic E-state index is 11.3.